The largest absolute Gasteiger partial charge is 0.321 e. The first-order valence-corrected chi connectivity index (χ1v) is 8.36. The second-order valence-electron chi connectivity index (χ2n) is 6.34. The predicted octanol–water partition coefficient (Wildman–Crippen LogP) is 4.06. The molecule has 1 N–H and O–H groups in total. The molecule has 1 heterocycles. The van der Waals surface area contributed by atoms with Gasteiger partial charge in [0, 0.05) is 16.9 Å². The van der Waals surface area contributed by atoms with Crippen LogP contribution in [0.1, 0.15) is 33.7 Å². The number of benzene rings is 2. The average molecular weight is 335 g/mol. The maximum Gasteiger partial charge on any atom is 0.276 e. The Morgan fingerprint density at radius 2 is 1.96 bits per heavy atom. The number of aromatic nitrogens is 2. The van der Waals surface area contributed by atoms with Gasteiger partial charge in [-0.2, -0.15) is 5.10 Å². The Kier molecular flexibility index (Phi) is 3.84. The van der Waals surface area contributed by atoms with Gasteiger partial charge in [-0.1, -0.05) is 12.1 Å². The summed E-state index contributed by atoms with van der Waals surface area (Å²) in [4.78, 5) is 12.7. The fourth-order valence-electron chi connectivity index (χ4n) is 3.33. The molecule has 25 heavy (non-hydrogen) atoms. The van der Waals surface area contributed by atoms with Crippen LogP contribution in [0.15, 0.2) is 48.5 Å². The van der Waals surface area contributed by atoms with Crippen molar-refractivity contribution in [1.82, 2.24) is 9.78 Å². The minimum Gasteiger partial charge on any atom is -0.321 e. The van der Waals surface area contributed by atoms with Crippen molar-refractivity contribution in [3.05, 3.63) is 76.9 Å². The molecule has 4 nitrogen and oxygen atoms in total. The van der Waals surface area contributed by atoms with E-state index in [1.165, 1.54) is 12.1 Å². The van der Waals surface area contributed by atoms with Crippen molar-refractivity contribution in [3.63, 3.8) is 0 Å². The number of hydrogen-bond acceptors (Lipinski definition) is 2. The molecule has 1 aromatic heterocycles. The number of fused-ring (bicyclic) bond motifs is 1. The van der Waals surface area contributed by atoms with Crippen LogP contribution in [0.3, 0.4) is 0 Å². The number of hydrogen-bond donors (Lipinski definition) is 1. The van der Waals surface area contributed by atoms with Gasteiger partial charge in [-0.05, 0) is 68.1 Å². The van der Waals surface area contributed by atoms with E-state index in [1.807, 2.05) is 31.2 Å². The van der Waals surface area contributed by atoms with Crippen molar-refractivity contribution >= 4 is 11.6 Å². The second-order valence-corrected chi connectivity index (χ2v) is 6.34. The van der Waals surface area contributed by atoms with E-state index in [1.54, 1.807) is 16.8 Å². The van der Waals surface area contributed by atoms with Gasteiger partial charge in [-0.3, -0.25) is 4.79 Å². The highest BCUT2D eigenvalue weighted by molar-refractivity contribution is 6.04. The highest BCUT2D eigenvalue weighted by atomic mass is 19.1. The number of anilines is 1. The first kappa shape index (κ1) is 15.6. The van der Waals surface area contributed by atoms with Gasteiger partial charge >= 0.3 is 0 Å². The number of carbonyl (C=O) groups is 1. The van der Waals surface area contributed by atoms with Crippen LogP contribution in [0.25, 0.3) is 5.69 Å². The second kappa shape index (κ2) is 6.16. The molecule has 2 aromatic carbocycles. The number of nitrogens with zero attached hydrogens (tertiary/aromatic N) is 2. The monoisotopic (exact) mass is 335 g/mol. The lowest BCUT2D eigenvalue weighted by atomic mass is 10.1. The maximum atomic E-state index is 13.2. The molecule has 1 aliphatic rings. The summed E-state index contributed by atoms with van der Waals surface area (Å²) in [6, 6.07) is 13.9. The molecule has 0 saturated carbocycles. The van der Waals surface area contributed by atoms with E-state index < -0.39 is 0 Å². The predicted molar refractivity (Wildman–Crippen MR) is 94.7 cm³/mol. The van der Waals surface area contributed by atoms with Crippen molar-refractivity contribution in [2.75, 3.05) is 5.32 Å². The van der Waals surface area contributed by atoms with Gasteiger partial charge in [-0.25, -0.2) is 9.07 Å². The Labute approximate surface area is 145 Å². The summed E-state index contributed by atoms with van der Waals surface area (Å²) < 4.78 is 15.0. The van der Waals surface area contributed by atoms with E-state index in [2.05, 4.69) is 10.4 Å². The first-order valence-electron chi connectivity index (χ1n) is 8.36. The van der Waals surface area contributed by atoms with E-state index in [0.717, 1.165) is 47.5 Å². The molecule has 0 aliphatic heterocycles. The van der Waals surface area contributed by atoms with Crippen LogP contribution in [-0.2, 0) is 12.8 Å². The summed E-state index contributed by atoms with van der Waals surface area (Å²) in [6.07, 6.45) is 2.71. The topological polar surface area (TPSA) is 46.9 Å². The summed E-state index contributed by atoms with van der Waals surface area (Å²) in [7, 11) is 0. The van der Waals surface area contributed by atoms with Crippen LogP contribution >= 0.6 is 0 Å². The quantitative estimate of drug-likeness (QED) is 0.784. The van der Waals surface area contributed by atoms with Crippen LogP contribution in [-0.4, -0.2) is 15.7 Å². The van der Waals surface area contributed by atoms with Crippen LogP contribution in [0, 0.1) is 12.7 Å². The minimum atomic E-state index is -0.287. The van der Waals surface area contributed by atoms with Crippen LogP contribution in [0.2, 0.25) is 0 Å². The summed E-state index contributed by atoms with van der Waals surface area (Å²) in [6.45, 7) is 1.98. The molecule has 0 spiro atoms. The third kappa shape index (κ3) is 2.93. The number of rotatable bonds is 3. The molecule has 4 rings (SSSR count). The van der Waals surface area contributed by atoms with E-state index in [9.17, 15) is 9.18 Å². The lowest BCUT2D eigenvalue weighted by Gasteiger charge is -2.06. The van der Waals surface area contributed by atoms with Crippen molar-refractivity contribution in [3.8, 4) is 5.69 Å². The van der Waals surface area contributed by atoms with Crippen molar-refractivity contribution in [2.45, 2.75) is 26.2 Å². The van der Waals surface area contributed by atoms with Gasteiger partial charge in [0.2, 0.25) is 0 Å². The molecule has 0 saturated heterocycles. The van der Waals surface area contributed by atoms with Gasteiger partial charge < -0.3 is 5.32 Å². The summed E-state index contributed by atoms with van der Waals surface area (Å²) in [5.74, 6) is -0.491. The van der Waals surface area contributed by atoms with Gasteiger partial charge in [-0.15, -0.1) is 0 Å². The normalized spacial score (nSPS) is 12.9. The number of carbonyl (C=O) groups excluding carboxylic acids is 1. The molecule has 0 bridgehead atoms. The fraction of sp³-hybridized carbons (Fsp3) is 0.200. The zero-order valence-corrected chi connectivity index (χ0v) is 13.9. The van der Waals surface area contributed by atoms with Crippen molar-refractivity contribution in [2.24, 2.45) is 0 Å². The molecule has 126 valence electrons. The zero-order valence-electron chi connectivity index (χ0n) is 13.9. The third-order valence-electron chi connectivity index (χ3n) is 4.49. The van der Waals surface area contributed by atoms with Crippen molar-refractivity contribution in [1.29, 1.82) is 0 Å². The lowest BCUT2D eigenvalue weighted by molar-refractivity contribution is 0.102. The molecule has 1 amide bonds. The van der Waals surface area contributed by atoms with Gasteiger partial charge in [0.15, 0.2) is 5.69 Å². The first-order chi connectivity index (χ1) is 12.1. The van der Waals surface area contributed by atoms with Crippen LogP contribution in [0.5, 0.6) is 0 Å². The highest BCUT2D eigenvalue weighted by Crippen LogP contribution is 2.28. The zero-order chi connectivity index (χ0) is 17.4. The molecular formula is C20H18FN3O. The SMILES string of the molecule is Cc1cccc(NC(=O)c2nn(-c3ccc(F)cc3)c3c2CCC3)c1. The fourth-order valence-corrected chi connectivity index (χ4v) is 3.33. The molecule has 5 heteroatoms. The van der Waals surface area contributed by atoms with E-state index >= 15 is 0 Å². The van der Waals surface area contributed by atoms with E-state index in [-0.39, 0.29) is 11.7 Å². The number of amides is 1. The summed E-state index contributed by atoms with van der Waals surface area (Å²) in [5.41, 5.74) is 5.11. The number of nitrogens with one attached hydrogen (secondary N) is 1. The molecule has 0 radical (unpaired) electrons. The van der Waals surface area contributed by atoms with Gasteiger partial charge in [0.05, 0.1) is 5.69 Å². The van der Waals surface area contributed by atoms with Crippen LogP contribution < -0.4 is 5.32 Å². The summed E-state index contributed by atoms with van der Waals surface area (Å²) in [5, 5.41) is 7.46. The Morgan fingerprint density at radius 3 is 2.72 bits per heavy atom. The Bertz CT molecular complexity index is 944. The molecule has 0 atom stereocenters. The molecule has 0 fully saturated rings. The minimum absolute atomic E-state index is 0.204. The number of aryl methyl sites for hydroxylation is 1. The molecule has 3 aromatic rings. The number of halogens is 1. The van der Waals surface area contributed by atoms with E-state index in [0.29, 0.717) is 5.69 Å². The standard InChI is InChI=1S/C20H18FN3O/c1-13-4-2-5-15(12-13)22-20(25)19-17-6-3-7-18(17)24(23-19)16-10-8-14(21)9-11-16/h2,4-5,8-12H,3,6-7H2,1H3,(H,22,25). The average Bonchev–Trinajstić information content (AvgIpc) is 3.18. The molecule has 1 aliphatic carbocycles. The Balaban J connectivity index is 1.69. The van der Waals surface area contributed by atoms with Crippen LogP contribution in [0.4, 0.5) is 10.1 Å². The lowest BCUT2D eigenvalue weighted by Crippen LogP contribution is -2.15. The molecular weight excluding hydrogens is 317 g/mol. The van der Waals surface area contributed by atoms with Gasteiger partial charge in [0.1, 0.15) is 5.82 Å². The smallest absolute Gasteiger partial charge is 0.276 e. The van der Waals surface area contributed by atoms with Gasteiger partial charge in [0.25, 0.3) is 5.91 Å². The van der Waals surface area contributed by atoms with E-state index in [4.69, 9.17) is 0 Å². The van der Waals surface area contributed by atoms with Crippen molar-refractivity contribution < 1.29 is 9.18 Å². The maximum absolute atomic E-state index is 13.2. The highest BCUT2D eigenvalue weighted by Gasteiger charge is 2.27. The Morgan fingerprint density at radius 1 is 1.16 bits per heavy atom. The Hall–Kier alpha value is -2.95. The third-order valence-corrected chi connectivity index (χ3v) is 4.49. The summed E-state index contributed by atoms with van der Waals surface area (Å²) >= 11 is 0. The molecule has 0 unspecified atom stereocenters.